The Morgan fingerprint density at radius 1 is 0.889 bits per heavy atom. The number of hydrogen-bond donors (Lipinski definition) is 3. The van der Waals surface area contributed by atoms with Crippen LogP contribution in [0.15, 0.2) is 54.9 Å². The highest BCUT2D eigenvalue weighted by atomic mass is 16.5. The molecule has 5 rings (SSSR count). The Bertz CT molecular complexity index is 1280. The molecule has 6 heteroatoms. The monoisotopic (exact) mass is 357 g/mol. The van der Waals surface area contributed by atoms with Crippen LogP contribution in [0.2, 0.25) is 0 Å². The van der Waals surface area contributed by atoms with Crippen molar-refractivity contribution >= 4 is 44.8 Å². The van der Waals surface area contributed by atoms with E-state index in [0.29, 0.717) is 28.0 Å². The van der Waals surface area contributed by atoms with E-state index >= 15 is 0 Å². The summed E-state index contributed by atoms with van der Waals surface area (Å²) in [7, 11) is 1.60. The smallest absolute Gasteiger partial charge is 0.259 e. The predicted octanol–water partition coefficient (Wildman–Crippen LogP) is 3.23. The van der Waals surface area contributed by atoms with E-state index in [1.54, 1.807) is 13.3 Å². The van der Waals surface area contributed by atoms with Gasteiger partial charge in [-0.1, -0.05) is 18.2 Å². The molecule has 0 atom stereocenters. The molecule has 2 aromatic carbocycles. The van der Waals surface area contributed by atoms with Gasteiger partial charge in [-0.2, -0.15) is 0 Å². The van der Waals surface area contributed by atoms with E-state index in [1.807, 2.05) is 48.7 Å². The van der Waals surface area contributed by atoms with E-state index in [0.717, 1.165) is 21.8 Å². The number of hydrogen-bond acceptors (Lipinski definition) is 3. The zero-order valence-corrected chi connectivity index (χ0v) is 14.4. The van der Waals surface area contributed by atoms with Crippen LogP contribution in [0.4, 0.5) is 0 Å². The molecule has 27 heavy (non-hydrogen) atoms. The number of para-hydroxylation sites is 1. The standard InChI is InChI=1S/C21H15N3O3/c1-27-12-5-6-13-15(10-23-16(13)9-12)18-17(20(25)24-21(18)26)14-4-2-3-11-7-8-22-19(11)14/h2-10,22-23H,1H3,(H,24,25,26). The van der Waals surface area contributed by atoms with E-state index in [2.05, 4.69) is 15.3 Å². The fourth-order valence-electron chi connectivity index (χ4n) is 3.70. The van der Waals surface area contributed by atoms with Crippen LogP contribution in [0, 0.1) is 0 Å². The molecule has 1 aliphatic rings. The molecule has 132 valence electrons. The van der Waals surface area contributed by atoms with E-state index < -0.39 is 5.91 Å². The number of aromatic amines is 2. The topological polar surface area (TPSA) is 87.0 Å². The molecule has 2 amide bonds. The maximum atomic E-state index is 12.7. The van der Waals surface area contributed by atoms with Crippen LogP contribution >= 0.6 is 0 Å². The summed E-state index contributed by atoms with van der Waals surface area (Å²) >= 11 is 0. The second-order valence-corrected chi connectivity index (χ2v) is 6.39. The summed E-state index contributed by atoms with van der Waals surface area (Å²) in [6.45, 7) is 0. The second kappa shape index (κ2) is 5.60. The van der Waals surface area contributed by atoms with Crippen molar-refractivity contribution in [3.63, 3.8) is 0 Å². The molecule has 0 fully saturated rings. The molecule has 0 saturated heterocycles. The van der Waals surface area contributed by atoms with Crippen LogP contribution in [-0.4, -0.2) is 28.9 Å². The maximum Gasteiger partial charge on any atom is 0.259 e. The molecular weight excluding hydrogens is 342 g/mol. The summed E-state index contributed by atoms with van der Waals surface area (Å²) in [6, 6.07) is 13.2. The van der Waals surface area contributed by atoms with E-state index in [-0.39, 0.29) is 5.91 Å². The zero-order chi connectivity index (χ0) is 18.5. The quantitative estimate of drug-likeness (QED) is 0.492. The Labute approximate surface area is 153 Å². The van der Waals surface area contributed by atoms with E-state index in [4.69, 9.17) is 4.74 Å². The molecule has 1 aliphatic heterocycles. The van der Waals surface area contributed by atoms with Gasteiger partial charge in [-0.25, -0.2) is 0 Å². The lowest BCUT2D eigenvalue weighted by molar-refractivity contribution is -0.122. The molecule has 3 heterocycles. The number of imide groups is 1. The van der Waals surface area contributed by atoms with Crippen molar-refractivity contribution in [3.8, 4) is 5.75 Å². The molecule has 0 unspecified atom stereocenters. The number of methoxy groups -OCH3 is 1. The van der Waals surface area contributed by atoms with Gasteiger partial charge in [-0.15, -0.1) is 0 Å². The average Bonchev–Trinajstić information content (AvgIpc) is 3.37. The van der Waals surface area contributed by atoms with Gasteiger partial charge in [0.1, 0.15) is 5.75 Å². The number of carbonyl (C=O) groups is 2. The van der Waals surface area contributed by atoms with Gasteiger partial charge in [-0.3, -0.25) is 14.9 Å². The van der Waals surface area contributed by atoms with Gasteiger partial charge in [0.15, 0.2) is 0 Å². The summed E-state index contributed by atoms with van der Waals surface area (Å²) in [4.78, 5) is 31.7. The van der Waals surface area contributed by atoms with Crippen LogP contribution in [-0.2, 0) is 9.59 Å². The van der Waals surface area contributed by atoms with Crippen LogP contribution in [0.25, 0.3) is 33.0 Å². The largest absolute Gasteiger partial charge is 0.497 e. The first-order chi connectivity index (χ1) is 13.2. The normalized spacial score (nSPS) is 14.4. The van der Waals surface area contributed by atoms with Gasteiger partial charge in [0.25, 0.3) is 11.8 Å². The van der Waals surface area contributed by atoms with Crippen molar-refractivity contribution in [2.75, 3.05) is 7.11 Å². The summed E-state index contributed by atoms with van der Waals surface area (Å²) in [6.07, 6.45) is 3.58. The number of aromatic nitrogens is 2. The van der Waals surface area contributed by atoms with Crippen molar-refractivity contribution in [2.45, 2.75) is 0 Å². The first kappa shape index (κ1) is 15.5. The Morgan fingerprint density at radius 3 is 2.52 bits per heavy atom. The molecule has 0 aliphatic carbocycles. The number of H-pyrrole nitrogens is 2. The highest BCUT2D eigenvalue weighted by Gasteiger charge is 2.34. The lowest BCUT2D eigenvalue weighted by Gasteiger charge is -2.06. The Kier molecular flexibility index (Phi) is 3.21. The molecule has 0 spiro atoms. The average molecular weight is 357 g/mol. The fraction of sp³-hybridized carbons (Fsp3) is 0.0476. The van der Waals surface area contributed by atoms with Gasteiger partial charge in [0, 0.05) is 40.5 Å². The third-order valence-electron chi connectivity index (χ3n) is 4.95. The molecule has 0 saturated carbocycles. The molecule has 2 aromatic heterocycles. The zero-order valence-electron chi connectivity index (χ0n) is 14.4. The van der Waals surface area contributed by atoms with Gasteiger partial charge in [-0.05, 0) is 23.6 Å². The molecule has 4 aromatic rings. The maximum absolute atomic E-state index is 12.7. The van der Waals surface area contributed by atoms with Crippen LogP contribution in [0.3, 0.4) is 0 Å². The lowest BCUT2D eigenvalue weighted by Crippen LogP contribution is -2.22. The number of nitrogens with one attached hydrogen (secondary N) is 3. The first-order valence-corrected chi connectivity index (χ1v) is 8.49. The van der Waals surface area contributed by atoms with E-state index in [9.17, 15) is 9.59 Å². The molecule has 0 radical (unpaired) electrons. The van der Waals surface area contributed by atoms with Crippen molar-refractivity contribution in [2.24, 2.45) is 0 Å². The van der Waals surface area contributed by atoms with Gasteiger partial charge in [0.2, 0.25) is 0 Å². The molecule has 6 nitrogen and oxygen atoms in total. The summed E-state index contributed by atoms with van der Waals surface area (Å²) in [5.41, 5.74) is 3.81. The summed E-state index contributed by atoms with van der Waals surface area (Å²) < 4.78 is 5.26. The summed E-state index contributed by atoms with van der Waals surface area (Å²) in [5, 5.41) is 4.28. The molecular formula is C21H15N3O3. The van der Waals surface area contributed by atoms with Crippen molar-refractivity contribution in [1.82, 2.24) is 15.3 Å². The van der Waals surface area contributed by atoms with Crippen molar-refractivity contribution < 1.29 is 14.3 Å². The third kappa shape index (κ3) is 2.20. The highest BCUT2D eigenvalue weighted by Crippen LogP contribution is 2.37. The van der Waals surface area contributed by atoms with E-state index in [1.165, 1.54) is 0 Å². The Hall–Kier alpha value is -3.80. The molecule has 0 bridgehead atoms. The summed E-state index contributed by atoms with van der Waals surface area (Å²) in [5.74, 6) is -0.0663. The Morgan fingerprint density at radius 2 is 1.70 bits per heavy atom. The van der Waals surface area contributed by atoms with Gasteiger partial charge in [0.05, 0.1) is 23.8 Å². The third-order valence-corrected chi connectivity index (χ3v) is 4.95. The first-order valence-electron chi connectivity index (χ1n) is 8.49. The van der Waals surface area contributed by atoms with Crippen LogP contribution < -0.4 is 10.1 Å². The minimum absolute atomic E-state index is 0.374. The number of fused-ring (bicyclic) bond motifs is 2. The van der Waals surface area contributed by atoms with Crippen molar-refractivity contribution in [3.05, 3.63) is 66.0 Å². The second-order valence-electron chi connectivity index (χ2n) is 6.39. The number of ether oxygens (including phenoxy) is 1. The van der Waals surface area contributed by atoms with Crippen LogP contribution in [0.1, 0.15) is 11.1 Å². The van der Waals surface area contributed by atoms with Gasteiger partial charge >= 0.3 is 0 Å². The number of rotatable bonds is 3. The van der Waals surface area contributed by atoms with Crippen molar-refractivity contribution in [1.29, 1.82) is 0 Å². The fourth-order valence-corrected chi connectivity index (χ4v) is 3.70. The minimum atomic E-state index is -0.393. The highest BCUT2D eigenvalue weighted by molar-refractivity contribution is 6.50. The Balaban J connectivity index is 1.81. The SMILES string of the molecule is COc1ccc2c(C3=C(c4cccc5cc[nH]c45)C(=O)NC3=O)c[nH]c2c1. The predicted molar refractivity (Wildman–Crippen MR) is 103 cm³/mol. The molecule has 3 N–H and O–H groups in total. The lowest BCUT2D eigenvalue weighted by atomic mass is 9.95. The van der Waals surface area contributed by atoms with Gasteiger partial charge < -0.3 is 14.7 Å². The minimum Gasteiger partial charge on any atom is -0.497 e. The number of amides is 2. The number of benzene rings is 2. The van der Waals surface area contributed by atoms with Crippen LogP contribution in [0.5, 0.6) is 5.75 Å². The number of carbonyl (C=O) groups excluding carboxylic acids is 2.